The van der Waals surface area contributed by atoms with Crippen molar-refractivity contribution in [2.24, 2.45) is 0 Å². The molecule has 0 unspecified atom stereocenters. The summed E-state index contributed by atoms with van der Waals surface area (Å²) in [7, 11) is 2.83. The summed E-state index contributed by atoms with van der Waals surface area (Å²) in [4.78, 5) is 10.9. The van der Waals surface area contributed by atoms with Crippen molar-refractivity contribution in [2.45, 2.75) is 0 Å². The van der Waals surface area contributed by atoms with Crippen LogP contribution in [0.1, 0.15) is 0 Å². The summed E-state index contributed by atoms with van der Waals surface area (Å²) >= 11 is 0. The van der Waals surface area contributed by atoms with Gasteiger partial charge in [0.25, 0.3) is 0 Å². The van der Waals surface area contributed by atoms with Crippen molar-refractivity contribution in [3.63, 3.8) is 0 Å². The van der Waals surface area contributed by atoms with E-state index in [-0.39, 0.29) is 12.0 Å². The molecular formula is C11H12N4O4. The van der Waals surface area contributed by atoms with Gasteiger partial charge in [-0.15, -0.1) is 0 Å². The van der Waals surface area contributed by atoms with Crippen LogP contribution in [0.3, 0.4) is 0 Å². The predicted octanol–water partition coefficient (Wildman–Crippen LogP) is 2.00. The van der Waals surface area contributed by atoms with Gasteiger partial charge in [-0.05, 0) is 24.3 Å². The number of rotatable bonds is 4. The molecule has 1 amide bonds. The lowest BCUT2D eigenvalue weighted by atomic mass is 10.3. The minimum atomic E-state index is -0.681. The van der Waals surface area contributed by atoms with Crippen LogP contribution in [0.15, 0.2) is 28.7 Å². The van der Waals surface area contributed by atoms with Crippen LogP contribution in [0.2, 0.25) is 0 Å². The average Bonchev–Trinajstić information content (AvgIpc) is 2.86. The molecule has 1 aromatic heterocycles. The van der Waals surface area contributed by atoms with Gasteiger partial charge in [-0.3, -0.25) is 0 Å². The van der Waals surface area contributed by atoms with E-state index in [9.17, 15) is 4.79 Å². The van der Waals surface area contributed by atoms with Gasteiger partial charge in [0, 0.05) is 5.69 Å². The molecule has 0 radical (unpaired) electrons. The smallest absolute Gasteiger partial charge is 0.415 e. The summed E-state index contributed by atoms with van der Waals surface area (Å²) in [6, 6.07) is 7.24. The number of amides is 1. The molecule has 0 aliphatic carbocycles. The van der Waals surface area contributed by atoms with Crippen LogP contribution >= 0.6 is 0 Å². The molecule has 19 heavy (non-hydrogen) atoms. The minimum absolute atomic E-state index is 0.0529. The number of aromatic nitrogens is 2. The zero-order valence-corrected chi connectivity index (χ0v) is 10.3. The number of carbonyl (C=O) groups is 1. The summed E-state index contributed by atoms with van der Waals surface area (Å²) < 4.78 is 14.6. The van der Waals surface area contributed by atoms with E-state index >= 15 is 0 Å². The zero-order chi connectivity index (χ0) is 13.7. The number of nitrogens with one attached hydrogen (secondary N) is 2. The molecule has 0 aliphatic heterocycles. The fourth-order valence-corrected chi connectivity index (χ4v) is 1.26. The van der Waals surface area contributed by atoms with E-state index in [2.05, 4.69) is 25.6 Å². The molecule has 8 nitrogen and oxygen atoms in total. The Balaban J connectivity index is 2.00. The van der Waals surface area contributed by atoms with Crippen molar-refractivity contribution in [2.75, 3.05) is 24.9 Å². The summed E-state index contributed by atoms with van der Waals surface area (Å²) in [5.41, 5.74) is 0.745. The first kappa shape index (κ1) is 12.7. The summed E-state index contributed by atoms with van der Waals surface area (Å²) in [6.07, 6.45) is -0.681. The lowest BCUT2D eigenvalue weighted by Gasteiger charge is -2.02. The first-order chi connectivity index (χ1) is 9.21. The zero-order valence-electron chi connectivity index (χ0n) is 10.3. The second-order valence-corrected chi connectivity index (χ2v) is 3.38. The van der Waals surface area contributed by atoms with Crippen molar-refractivity contribution in [1.29, 1.82) is 0 Å². The Kier molecular flexibility index (Phi) is 3.81. The van der Waals surface area contributed by atoms with Gasteiger partial charge in [0.1, 0.15) is 5.75 Å². The van der Waals surface area contributed by atoms with E-state index in [0.717, 1.165) is 11.4 Å². The molecule has 0 saturated carbocycles. The van der Waals surface area contributed by atoms with Gasteiger partial charge in [0.05, 0.1) is 14.2 Å². The number of anilines is 3. The van der Waals surface area contributed by atoms with Crippen molar-refractivity contribution in [3.8, 4) is 5.75 Å². The molecule has 1 aromatic carbocycles. The molecule has 0 fully saturated rings. The molecule has 2 N–H and O–H groups in total. The fraction of sp³-hybridized carbons (Fsp3) is 0.182. The van der Waals surface area contributed by atoms with E-state index in [1.165, 1.54) is 7.11 Å². The molecule has 0 aliphatic rings. The Morgan fingerprint density at radius 3 is 2.47 bits per heavy atom. The highest BCUT2D eigenvalue weighted by atomic mass is 16.5. The minimum Gasteiger partial charge on any atom is -0.497 e. The maximum absolute atomic E-state index is 10.9. The van der Waals surface area contributed by atoms with Crippen molar-refractivity contribution in [1.82, 2.24) is 10.2 Å². The van der Waals surface area contributed by atoms with Crippen LogP contribution in [0.5, 0.6) is 5.75 Å². The van der Waals surface area contributed by atoms with E-state index < -0.39 is 6.09 Å². The van der Waals surface area contributed by atoms with Crippen LogP contribution in [-0.2, 0) is 4.74 Å². The number of benzene rings is 1. The van der Waals surface area contributed by atoms with Crippen molar-refractivity contribution < 1.29 is 18.7 Å². The topological polar surface area (TPSA) is 98.5 Å². The van der Waals surface area contributed by atoms with Gasteiger partial charge >= 0.3 is 18.1 Å². The third-order valence-electron chi connectivity index (χ3n) is 2.16. The fourth-order valence-electron chi connectivity index (χ4n) is 1.26. The highest BCUT2D eigenvalue weighted by Gasteiger charge is 2.09. The van der Waals surface area contributed by atoms with E-state index in [1.807, 2.05) is 0 Å². The Morgan fingerprint density at radius 1 is 1.16 bits per heavy atom. The quantitative estimate of drug-likeness (QED) is 0.871. The SMILES string of the molecule is COC(=O)Nc1nnc(Nc2ccc(OC)cc2)o1. The maximum Gasteiger partial charge on any atom is 0.415 e. The van der Waals surface area contributed by atoms with E-state index in [0.29, 0.717) is 0 Å². The van der Waals surface area contributed by atoms with Gasteiger partial charge in [0.2, 0.25) is 0 Å². The average molecular weight is 264 g/mol. The first-order valence-corrected chi connectivity index (χ1v) is 5.31. The van der Waals surface area contributed by atoms with Gasteiger partial charge in [-0.2, -0.15) is 0 Å². The van der Waals surface area contributed by atoms with Gasteiger partial charge in [0.15, 0.2) is 0 Å². The number of hydrogen-bond donors (Lipinski definition) is 2. The van der Waals surface area contributed by atoms with Crippen LogP contribution in [0, 0.1) is 0 Å². The molecule has 0 saturated heterocycles. The molecule has 0 spiro atoms. The molecule has 8 heteroatoms. The summed E-state index contributed by atoms with van der Waals surface area (Å²) in [6.45, 7) is 0. The molecule has 0 bridgehead atoms. The lowest BCUT2D eigenvalue weighted by Crippen LogP contribution is -2.10. The van der Waals surface area contributed by atoms with Gasteiger partial charge in [-0.25, -0.2) is 10.1 Å². The Morgan fingerprint density at radius 2 is 1.84 bits per heavy atom. The highest BCUT2D eigenvalue weighted by Crippen LogP contribution is 2.20. The number of ether oxygens (including phenoxy) is 2. The van der Waals surface area contributed by atoms with Crippen LogP contribution in [0.4, 0.5) is 22.5 Å². The van der Waals surface area contributed by atoms with Crippen molar-refractivity contribution >= 4 is 23.8 Å². The number of nitrogens with zero attached hydrogens (tertiary/aromatic N) is 2. The summed E-state index contributed by atoms with van der Waals surface area (Å²) in [5, 5.41) is 12.5. The first-order valence-electron chi connectivity index (χ1n) is 5.31. The van der Waals surface area contributed by atoms with Crippen LogP contribution in [-0.4, -0.2) is 30.5 Å². The molecule has 2 rings (SSSR count). The molecule has 100 valence electrons. The monoisotopic (exact) mass is 264 g/mol. The van der Waals surface area contributed by atoms with E-state index in [4.69, 9.17) is 9.15 Å². The molecule has 0 atom stereocenters. The Hall–Kier alpha value is -2.77. The number of hydrogen-bond acceptors (Lipinski definition) is 7. The number of methoxy groups -OCH3 is 2. The van der Waals surface area contributed by atoms with Crippen molar-refractivity contribution in [3.05, 3.63) is 24.3 Å². The van der Waals surface area contributed by atoms with E-state index in [1.54, 1.807) is 31.4 Å². The maximum atomic E-state index is 10.9. The van der Waals surface area contributed by atoms with Gasteiger partial charge < -0.3 is 19.2 Å². The third-order valence-corrected chi connectivity index (χ3v) is 2.16. The molecular weight excluding hydrogens is 252 g/mol. The number of carbonyl (C=O) groups excluding carboxylic acids is 1. The summed E-state index contributed by atoms with van der Waals surface area (Å²) in [5.74, 6) is 0.740. The lowest BCUT2D eigenvalue weighted by molar-refractivity contribution is 0.186. The normalized spacial score (nSPS) is 9.79. The predicted molar refractivity (Wildman–Crippen MR) is 66.6 cm³/mol. The highest BCUT2D eigenvalue weighted by molar-refractivity contribution is 5.81. The van der Waals surface area contributed by atoms with Crippen LogP contribution < -0.4 is 15.4 Å². The van der Waals surface area contributed by atoms with Crippen LogP contribution in [0.25, 0.3) is 0 Å². The van der Waals surface area contributed by atoms with Gasteiger partial charge in [-0.1, -0.05) is 10.2 Å². The Labute approximate surface area is 108 Å². The second-order valence-electron chi connectivity index (χ2n) is 3.38. The third kappa shape index (κ3) is 3.35. The largest absolute Gasteiger partial charge is 0.497 e. The molecule has 1 heterocycles. The Bertz CT molecular complexity index is 552. The standard InChI is InChI=1S/C11H12N4O4/c1-17-8-5-3-7(4-6-8)12-9-14-15-10(19-9)13-11(16)18-2/h3-6H,1-2H3,(H,12,14)(H,13,15,16). The molecule has 2 aromatic rings. The second kappa shape index (κ2) is 5.71.